The number of esters is 1. The van der Waals surface area contributed by atoms with Gasteiger partial charge in [-0.2, -0.15) is 4.31 Å². The number of rotatable bonds is 9. The molecule has 0 aliphatic carbocycles. The number of ether oxygens (including phenoxy) is 1. The molecule has 2 aromatic heterocycles. The van der Waals surface area contributed by atoms with Gasteiger partial charge in [0.25, 0.3) is 5.91 Å². The van der Waals surface area contributed by atoms with Crippen molar-refractivity contribution < 1.29 is 32.1 Å². The summed E-state index contributed by atoms with van der Waals surface area (Å²) in [6.07, 6.45) is 1.44. The summed E-state index contributed by atoms with van der Waals surface area (Å²) >= 11 is 0.614. The summed E-state index contributed by atoms with van der Waals surface area (Å²) in [6, 6.07) is 9.47. The topological polar surface area (TPSA) is 149 Å². The molecule has 11 nitrogen and oxygen atoms in total. The Morgan fingerprint density at radius 2 is 1.94 bits per heavy atom. The number of carbonyl (C=O) groups excluding carboxylic acids is 2. The van der Waals surface area contributed by atoms with E-state index in [9.17, 15) is 28.1 Å². The van der Waals surface area contributed by atoms with E-state index in [1.165, 1.54) is 37.6 Å². The molecule has 0 spiro atoms. The van der Waals surface area contributed by atoms with Crippen molar-refractivity contribution in [3.05, 3.63) is 75.7 Å². The van der Waals surface area contributed by atoms with Gasteiger partial charge in [0.15, 0.2) is 0 Å². The molecule has 1 amide bonds. The molecule has 0 aliphatic rings. The third-order valence-electron chi connectivity index (χ3n) is 4.40. The highest BCUT2D eigenvalue weighted by Gasteiger charge is 2.25. The summed E-state index contributed by atoms with van der Waals surface area (Å²) in [5.74, 6) is -1.01. The summed E-state index contributed by atoms with van der Waals surface area (Å²) in [5.41, 5.74) is -0.0471. The van der Waals surface area contributed by atoms with Gasteiger partial charge in [-0.25, -0.2) is 13.2 Å². The van der Waals surface area contributed by atoms with Gasteiger partial charge in [-0.15, -0.1) is 0 Å². The molecule has 0 unspecified atom stereocenters. The second-order valence-electron chi connectivity index (χ2n) is 6.62. The van der Waals surface area contributed by atoms with Crippen LogP contribution in [0.15, 0.2) is 58.0 Å². The lowest BCUT2D eigenvalue weighted by Gasteiger charge is -2.16. The van der Waals surface area contributed by atoms with Crippen molar-refractivity contribution in [2.75, 3.05) is 19.0 Å². The fraction of sp³-hybridized carbons (Fsp3) is 0.200. The highest BCUT2D eigenvalue weighted by molar-refractivity contribution is 7.89. The van der Waals surface area contributed by atoms with E-state index in [2.05, 4.69) is 5.32 Å². The van der Waals surface area contributed by atoms with Crippen LogP contribution in [0.5, 0.6) is 0 Å². The number of hydrogen-bond donors (Lipinski definition) is 1. The molecule has 0 fully saturated rings. The third-order valence-corrected chi connectivity index (χ3v) is 7.22. The Hall–Kier alpha value is -3.55. The SMILES string of the molecule is CCOC(=O)c1cc([N+](=O)[O-])sc1NC(=O)c1ccc(S(=O)(=O)N(C)Cc2ccco2)cc1. The van der Waals surface area contributed by atoms with Crippen LogP contribution in [0.4, 0.5) is 10.0 Å². The van der Waals surface area contributed by atoms with Crippen molar-refractivity contribution in [1.82, 2.24) is 4.31 Å². The Bertz CT molecular complexity index is 1270. The number of sulfonamides is 1. The number of nitrogens with zero attached hydrogens (tertiary/aromatic N) is 2. The minimum atomic E-state index is -3.84. The number of anilines is 1. The number of nitro groups is 1. The molecular weight excluding hydrogens is 474 g/mol. The van der Waals surface area contributed by atoms with E-state index >= 15 is 0 Å². The van der Waals surface area contributed by atoms with E-state index in [1.807, 2.05) is 0 Å². The largest absolute Gasteiger partial charge is 0.468 e. The first kappa shape index (κ1) is 24.1. The zero-order valence-electron chi connectivity index (χ0n) is 17.5. The molecular formula is C20H19N3O8S2. The Labute approximate surface area is 192 Å². The molecule has 0 atom stereocenters. The summed E-state index contributed by atoms with van der Waals surface area (Å²) in [7, 11) is -2.44. The fourth-order valence-corrected chi connectivity index (χ4v) is 4.76. The van der Waals surface area contributed by atoms with Gasteiger partial charge in [0.2, 0.25) is 10.0 Å². The molecule has 0 bridgehead atoms. The van der Waals surface area contributed by atoms with Crippen molar-refractivity contribution in [2.45, 2.75) is 18.4 Å². The van der Waals surface area contributed by atoms with Gasteiger partial charge in [-0.05, 0) is 54.7 Å². The molecule has 0 saturated heterocycles. The zero-order valence-corrected chi connectivity index (χ0v) is 19.1. The maximum absolute atomic E-state index is 12.7. The Morgan fingerprint density at radius 1 is 1.24 bits per heavy atom. The molecule has 33 heavy (non-hydrogen) atoms. The van der Waals surface area contributed by atoms with Gasteiger partial charge >= 0.3 is 11.0 Å². The molecule has 2 heterocycles. The first-order valence-electron chi connectivity index (χ1n) is 9.49. The summed E-state index contributed by atoms with van der Waals surface area (Å²) in [6.45, 7) is 1.67. The highest BCUT2D eigenvalue weighted by atomic mass is 32.2. The van der Waals surface area contributed by atoms with Crippen LogP contribution in [0.1, 0.15) is 33.4 Å². The van der Waals surface area contributed by atoms with Crippen LogP contribution in [0.2, 0.25) is 0 Å². The second-order valence-corrected chi connectivity index (χ2v) is 9.70. The maximum atomic E-state index is 12.7. The van der Waals surface area contributed by atoms with Crippen molar-refractivity contribution >= 4 is 43.2 Å². The number of hydrogen-bond acceptors (Lipinski definition) is 9. The smallest absolute Gasteiger partial charge is 0.341 e. The van der Waals surface area contributed by atoms with Crippen LogP contribution in [0, 0.1) is 10.1 Å². The molecule has 3 rings (SSSR count). The monoisotopic (exact) mass is 493 g/mol. The predicted molar refractivity (Wildman–Crippen MR) is 119 cm³/mol. The van der Waals surface area contributed by atoms with Gasteiger partial charge in [0, 0.05) is 18.7 Å². The molecule has 13 heteroatoms. The van der Waals surface area contributed by atoms with Crippen LogP contribution < -0.4 is 5.32 Å². The average molecular weight is 494 g/mol. The molecule has 0 aliphatic heterocycles. The minimum Gasteiger partial charge on any atom is -0.468 e. The third kappa shape index (κ3) is 5.45. The van der Waals surface area contributed by atoms with E-state index in [4.69, 9.17) is 9.15 Å². The number of carbonyl (C=O) groups is 2. The fourth-order valence-electron chi connectivity index (χ4n) is 2.76. The zero-order chi connectivity index (χ0) is 24.2. The van der Waals surface area contributed by atoms with Gasteiger partial charge in [-0.3, -0.25) is 14.9 Å². The standard InChI is InChI=1S/C20H19N3O8S2/c1-3-30-20(25)16-11-17(23(26)27)32-19(16)21-18(24)13-6-8-15(9-7-13)33(28,29)22(2)12-14-5-4-10-31-14/h4-11H,3,12H2,1-2H3,(H,21,24). The van der Waals surface area contributed by atoms with Crippen LogP contribution in [0.25, 0.3) is 0 Å². The number of thiophene rings is 1. The lowest BCUT2D eigenvalue weighted by Crippen LogP contribution is -2.26. The Kier molecular flexibility index (Phi) is 7.26. The van der Waals surface area contributed by atoms with Crippen LogP contribution >= 0.6 is 11.3 Å². The van der Waals surface area contributed by atoms with E-state index < -0.39 is 26.8 Å². The first-order chi connectivity index (χ1) is 15.6. The van der Waals surface area contributed by atoms with Crippen LogP contribution in [-0.4, -0.2) is 43.2 Å². The summed E-state index contributed by atoms with van der Waals surface area (Å²) < 4.78 is 36.7. The lowest BCUT2D eigenvalue weighted by atomic mass is 10.2. The van der Waals surface area contributed by atoms with Crippen molar-refractivity contribution in [3.63, 3.8) is 0 Å². The van der Waals surface area contributed by atoms with E-state index in [1.54, 1.807) is 19.1 Å². The van der Waals surface area contributed by atoms with Crippen LogP contribution in [-0.2, 0) is 21.3 Å². The second kappa shape index (κ2) is 9.94. The maximum Gasteiger partial charge on any atom is 0.341 e. The van der Waals surface area contributed by atoms with Gasteiger partial charge in [0.1, 0.15) is 16.3 Å². The van der Waals surface area contributed by atoms with Crippen LogP contribution in [0.3, 0.4) is 0 Å². The molecule has 1 N–H and O–H groups in total. The molecule has 1 aromatic carbocycles. The number of amides is 1. The molecule has 174 valence electrons. The lowest BCUT2D eigenvalue weighted by molar-refractivity contribution is -0.380. The molecule has 0 saturated carbocycles. The number of furan rings is 1. The molecule has 3 aromatic rings. The first-order valence-corrected chi connectivity index (χ1v) is 11.7. The van der Waals surface area contributed by atoms with Crippen molar-refractivity contribution in [3.8, 4) is 0 Å². The van der Waals surface area contributed by atoms with Gasteiger partial charge < -0.3 is 14.5 Å². The van der Waals surface area contributed by atoms with Crippen molar-refractivity contribution in [1.29, 1.82) is 0 Å². The van der Waals surface area contributed by atoms with E-state index in [-0.39, 0.29) is 39.2 Å². The Morgan fingerprint density at radius 3 is 2.52 bits per heavy atom. The summed E-state index contributed by atoms with van der Waals surface area (Å²) in [4.78, 5) is 35.1. The summed E-state index contributed by atoms with van der Waals surface area (Å²) in [5, 5.41) is 13.1. The highest BCUT2D eigenvalue weighted by Crippen LogP contribution is 2.34. The van der Waals surface area contributed by atoms with E-state index in [0.717, 1.165) is 10.4 Å². The molecule has 0 radical (unpaired) electrons. The number of nitrogens with one attached hydrogen (secondary N) is 1. The van der Waals surface area contributed by atoms with E-state index in [0.29, 0.717) is 17.1 Å². The number of benzene rings is 1. The minimum absolute atomic E-state index is 0.0331. The Balaban J connectivity index is 1.78. The predicted octanol–water partition coefficient (Wildman–Crippen LogP) is 3.50. The van der Waals surface area contributed by atoms with Gasteiger partial charge in [0.05, 0.1) is 29.2 Å². The van der Waals surface area contributed by atoms with Crippen molar-refractivity contribution in [2.24, 2.45) is 0 Å². The average Bonchev–Trinajstić information content (AvgIpc) is 3.44. The van der Waals surface area contributed by atoms with Gasteiger partial charge in [-0.1, -0.05) is 0 Å². The normalized spacial score (nSPS) is 11.4. The quantitative estimate of drug-likeness (QED) is 0.270.